The molecule has 0 saturated carbocycles. The predicted octanol–water partition coefficient (Wildman–Crippen LogP) is 0.715. The third-order valence-electron chi connectivity index (χ3n) is 3.72. The Hall–Kier alpha value is -0.650. The van der Waals surface area contributed by atoms with Crippen molar-refractivity contribution in [2.24, 2.45) is 0 Å². The number of likely N-dealkylation sites (N-methyl/N-ethyl adjacent to an activating group) is 1. The van der Waals surface area contributed by atoms with Crippen LogP contribution < -0.4 is 0 Å². The lowest BCUT2D eigenvalue weighted by atomic mass is 10.1. The zero-order chi connectivity index (χ0) is 14.4. The molecule has 0 spiro atoms. The number of nitrogens with zero attached hydrogens (tertiary/aromatic N) is 2. The number of β-amino-alcohol motifs (C(OH)–C–C–N with tert-alkyl or cyclic N) is 1. The summed E-state index contributed by atoms with van der Waals surface area (Å²) in [5.41, 5.74) is 0. The summed E-state index contributed by atoms with van der Waals surface area (Å²) in [5, 5.41) is 9.90. The second-order valence-electron chi connectivity index (χ2n) is 5.68. The number of carbonyl (C=O) groups is 1. The molecule has 1 heterocycles. The van der Waals surface area contributed by atoms with Crippen LogP contribution >= 0.6 is 0 Å². The first-order valence-electron chi connectivity index (χ1n) is 7.15. The third-order valence-corrected chi connectivity index (χ3v) is 3.72. The maximum atomic E-state index is 12.0. The highest BCUT2D eigenvalue weighted by molar-refractivity contribution is 5.75. The summed E-state index contributed by atoms with van der Waals surface area (Å²) in [6, 6.07) is 0.0120. The van der Waals surface area contributed by atoms with Crippen LogP contribution in [0, 0.1) is 0 Å². The minimum Gasteiger partial charge on any atom is -0.468 e. The maximum Gasteiger partial charge on any atom is 0.323 e. The van der Waals surface area contributed by atoms with Gasteiger partial charge in [0.1, 0.15) is 6.04 Å². The van der Waals surface area contributed by atoms with Gasteiger partial charge in [-0.2, -0.15) is 0 Å². The summed E-state index contributed by atoms with van der Waals surface area (Å²) >= 11 is 0. The van der Waals surface area contributed by atoms with Crippen LogP contribution in [0.4, 0.5) is 0 Å². The Balaban J connectivity index is 2.75. The van der Waals surface area contributed by atoms with E-state index in [2.05, 4.69) is 16.7 Å². The average molecular weight is 272 g/mol. The molecule has 5 nitrogen and oxygen atoms in total. The Labute approximate surface area is 116 Å². The van der Waals surface area contributed by atoms with Crippen molar-refractivity contribution in [3.63, 3.8) is 0 Å². The molecule has 1 aliphatic heterocycles. The van der Waals surface area contributed by atoms with Crippen molar-refractivity contribution in [1.29, 1.82) is 0 Å². The van der Waals surface area contributed by atoms with Gasteiger partial charge >= 0.3 is 5.97 Å². The minimum absolute atomic E-state index is 0.175. The summed E-state index contributed by atoms with van der Waals surface area (Å²) in [6.07, 6.45) is 3.26. The lowest BCUT2D eigenvalue weighted by molar-refractivity contribution is -0.148. The molecule has 3 atom stereocenters. The highest BCUT2D eigenvalue weighted by atomic mass is 16.5. The van der Waals surface area contributed by atoms with Crippen molar-refractivity contribution < 1.29 is 14.6 Å². The molecule has 5 heteroatoms. The number of rotatable bonds is 7. The molecule has 0 aromatic heterocycles. The molecular weight excluding hydrogens is 244 g/mol. The SMILES string of the molecule is CCCCC(C(=O)OC)N1CC(O)CC1CN(C)C. The quantitative estimate of drug-likeness (QED) is 0.692. The number of ether oxygens (including phenoxy) is 1. The van der Waals surface area contributed by atoms with Gasteiger partial charge in [-0.15, -0.1) is 0 Å². The van der Waals surface area contributed by atoms with Gasteiger partial charge in [-0.05, 0) is 26.9 Å². The van der Waals surface area contributed by atoms with E-state index in [0.717, 1.165) is 32.2 Å². The number of methoxy groups -OCH3 is 1. The van der Waals surface area contributed by atoms with Gasteiger partial charge in [-0.3, -0.25) is 9.69 Å². The van der Waals surface area contributed by atoms with E-state index in [1.807, 2.05) is 14.1 Å². The Bertz CT molecular complexity index is 284. The fraction of sp³-hybridized carbons (Fsp3) is 0.929. The fourth-order valence-electron chi connectivity index (χ4n) is 2.85. The van der Waals surface area contributed by atoms with Crippen molar-refractivity contribution in [3.05, 3.63) is 0 Å². The summed E-state index contributed by atoms with van der Waals surface area (Å²) in [7, 11) is 5.47. The highest BCUT2D eigenvalue weighted by Gasteiger charge is 2.38. The molecule has 0 aromatic carbocycles. The van der Waals surface area contributed by atoms with Gasteiger partial charge in [0.2, 0.25) is 0 Å². The summed E-state index contributed by atoms with van der Waals surface area (Å²) in [5.74, 6) is -0.175. The van der Waals surface area contributed by atoms with Crippen LogP contribution in [0.25, 0.3) is 0 Å². The smallest absolute Gasteiger partial charge is 0.323 e. The van der Waals surface area contributed by atoms with Gasteiger partial charge in [0.25, 0.3) is 0 Å². The summed E-state index contributed by atoms with van der Waals surface area (Å²) in [4.78, 5) is 16.2. The Morgan fingerprint density at radius 2 is 2.21 bits per heavy atom. The molecule has 112 valence electrons. The van der Waals surface area contributed by atoms with Gasteiger partial charge < -0.3 is 14.7 Å². The van der Waals surface area contributed by atoms with E-state index in [4.69, 9.17) is 4.74 Å². The largest absolute Gasteiger partial charge is 0.468 e. The Morgan fingerprint density at radius 3 is 2.74 bits per heavy atom. The van der Waals surface area contributed by atoms with E-state index >= 15 is 0 Å². The molecule has 0 bridgehead atoms. The third kappa shape index (κ3) is 4.75. The van der Waals surface area contributed by atoms with Gasteiger partial charge in [0, 0.05) is 19.1 Å². The first-order valence-corrected chi connectivity index (χ1v) is 7.15. The predicted molar refractivity (Wildman–Crippen MR) is 75.0 cm³/mol. The van der Waals surface area contributed by atoms with Crippen LogP contribution in [0.15, 0.2) is 0 Å². The molecule has 1 fully saturated rings. The van der Waals surface area contributed by atoms with Crippen molar-refractivity contribution in [2.45, 2.75) is 50.8 Å². The van der Waals surface area contributed by atoms with Crippen molar-refractivity contribution in [1.82, 2.24) is 9.80 Å². The van der Waals surface area contributed by atoms with E-state index in [9.17, 15) is 9.90 Å². The van der Waals surface area contributed by atoms with Crippen molar-refractivity contribution >= 4 is 5.97 Å². The molecule has 3 unspecified atom stereocenters. The molecule has 0 aliphatic carbocycles. The molecule has 1 aliphatic rings. The number of aliphatic hydroxyl groups excluding tert-OH is 1. The second kappa shape index (κ2) is 7.82. The zero-order valence-electron chi connectivity index (χ0n) is 12.6. The average Bonchev–Trinajstić information content (AvgIpc) is 2.69. The van der Waals surface area contributed by atoms with Crippen LogP contribution in [0.2, 0.25) is 0 Å². The molecule has 1 rings (SSSR count). The first kappa shape index (κ1) is 16.4. The molecule has 0 radical (unpaired) electrons. The number of hydrogen-bond acceptors (Lipinski definition) is 5. The van der Waals surface area contributed by atoms with Crippen LogP contribution in [0.3, 0.4) is 0 Å². The number of hydrogen-bond donors (Lipinski definition) is 1. The van der Waals surface area contributed by atoms with Crippen LogP contribution in [0.1, 0.15) is 32.6 Å². The normalized spacial score (nSPS) is 25.8. The van der Waals surface area contributed by atoms with Crippen LogP contribution in [-0.2, 0) is 9.53 Å². The topological polar surface area (TPSA) is 53.0 Å². The van der Waals surface area contributed by atoms with E-state index in [-0.39, 0.29) is 24.2 Å². The standard InChI is InChI=1S/C14H28N2O3/c1-5-6-7-13(14(18)19-4)16-10-12(17)8-11(16)9-15(2)3/h11-13,17H,5-10H2,1-4H3. The Morgan fingerprint density at radius 1 is 1.53 bits per heavy atom. The van der Waals surface area contributed by atoms with E-state index in [1.165, 1.54) is 7.11 Å². The number of carbonyl (C=O) groups excluding carboxylic acids is 1. The first-order chi connectivity index (χ1) is 8.99. The lowest BCUT2D eigenvalue weighted by Gasteiger charge is -2.32. The van der Waals surface area contributed by atoms with Crippen LogP contribution in [-0.4, -0.2) is 73.4 Å². The Kier molecular flexibility index (Phi) is 6.75. The number of esters is 1. The van der Waals surface area contributed by atoms with Gasteiger partial charge in [0.15, 0.2) is 0 Å². The van der Waals surface area contributed by atoms with Crippen molar-refractivity contribution in [3.8, 4) is 0 Å². The maximum absolute atomic E-state index is 12.0. The molecule has 0 aromatic rings. The highest BCUT2D eigenvalue weighted by Crippen LogP contribution is 2.24. The zero-order valence-corrected chi connectivity index (χ0v) is 12.6. The fourth-order valence-corrected chi connectivity index (χ4v) is 2.85. The molecule has 1 N–H and O–H groups in total. The summed E-state index contributed by atoms with van der Waals surface area (Å²) in [6.45, 7) is 3.54. The monoisotopic (exact) mass is 272 g/mol. The second-order valence-corrected chi connectivity index (χ2v) is 5.68. The van der Waals surface area contributed by atoms with Gasteiger partial charge in [-0.1, -0.05) is 19.8 Å². The molecule has 1 saturated heterocycles. The van der Waals surface area contributed by atoms with Gasteiger partial charge in [0.05, 0.1) is 13.2 Å². The van der Waals surface area contributed by atoms with Gasteiger partial charge in [-0.25, -0.2) is 0 Å². The van der Waals surface area contributed by atoms with E-state index in [0.29, 0.717) is 6.54 Å². The van der Waals surface area contributed by atoms with E-state index in [1.54, 1.807) is 0 Å². The molecular formula is C14H28N2O3. The van der Waals surface area contributed by atoms with Crippen LogP contribution in [0.5, 0.6) is 0 Å². The van der Waals surface area contributed by atoms with Crippen molar-refractivity contribution in [2.75, 3.05) is 34.3 Å². The molecule has 0 amide bonds. The summed E-state index contributed by atoms with van der Waals surface area (Å²) < 4.78 is 4.93. The lowest BCUT2D eigenvalue weighted by Crippen LogP contribution is -2.48. The number of unbranched alkanes of at least 4 members (excludes halogenated alkanes) is 1. The molecule has 19 heavy (non-hydrogen) atoms. The van der Waals surface area contributed by atoms with E-state index < -0.39 is 0 Å². The minimum atomic E-state index is -0.335. The number of likely N-dealkylation sites (tertiary alicyclic amines) is 1. The number of aliphatic hydroxyl groups is 1.